The summed E-state index contributed by atoms with van der Waals surface area (Å²) in [6.07, 6.45) is 6.26. The molecule has 0 aliphatic carbocycles. The number of carbonyl (C=O) groups is 1. The molecule has 0 atom stereocenters. The largest absolute Gasteiger partial charge is 0.357 e. The molecular weight excluding hydrogens is 274 g/mol. The van der Waals surface area contributed by atoms with E-state index >= 15 is 0 Å². The first-order chi connectivity index (χ1) is 10.8. The predicted octanol–water partition coefficient (Wildman–Crippen LogP) is 3.23. The average Bonchev–Trinajstić information content (AvgIpc) is 2.95. The fraction of sp³-hybridized carbons (Fsp3) is 0.333. The van der Waals surface area contributed by atoms with Crippen molar-refractivity contribution in [2.24, 2.45) is 0 Å². The first kappa shape index (κ1) is 13.3. The molecule has 2 aromatic rings. The van der Waals surface area contributed by atoms with Gasteiger partial charge in [0.15, 0.2) is 0 Å². The van der Waals surface area contributed by atoms with Crippen LogP contribution in [-0.2, 0) is 11.2 Å². The standard InChI is InChI=1S/C18H19N3O/c22-18-11-15-10-13(4-6-16(15)20-18)14-5-7-17(19-12-14)21-8-2-1-3-9-21/h4-7,10,12H,1-3,8-9,11H2,(H,20,22). The number of pyridine rings is 1. The van der Waals surface area contributed by atoms with E-state index in [-0.39, 0.29) is 5.91 Å². The van der Waals surface area contributed by atoms with Gasteiger partial charge in [-0.05, 0) is 54.7 Å². The van der Waals surface area contributed by atoms with Gasteiger partial charge in [-0.3, -0.25) is 4.79 Å². The molecule has 4 nitrogen and oxygen atoms in total. The third-order valence-corrected chi connectivity index (χ3v) is 4.49. The minimum Gasteiger partial charge on any atom is -0.357 e. The van der Waals surface area contributed by atoms with E-state index in [1.165, 1.54) is 19.3 Å². The highest BCUT2D eigenvalue weighted by Gasteiger charge is 2.18. The van der Waals surface area contributed by atoms with Gasteiger partial charge in [-0.1, -0.05) is 6.07 Å². The number of carbonyl (C=O) groups excluding carboxylic acids is 1. The number of nitrogens with zero attached hydrogens (tertiary/aromatic N) is 2. The summed E-state index contributed by atoms with van der Waals surface area (Å²) >= 11 is 0. The molecule has 1 fully saturated rings. The molecule has 2 aliphatic rings. The third kappa shape index (κ3) is 2.45. The second-order valence-electron chi connectivity index (χ2n) is 6.05. The summed E-state index contributed by atoms with van der Waals surface area (Å²) < 4.78 is 0. The fourth-order valence-electron chi connectivity index (χ4n) is 3.28. The summed E-state index contributed by atoms with van der Waals surface area (Å²) in [6, 6.07) is 10.3. The zero-order valence-corrected chi connectivity index (χ0v) is 12.5. The molecule has 2 aliphatic heterocycles. The van der Waals surface area contributed by atoms with Crippen LogP contribution in [0.3, 0.4) is 0 Å². The zero-order valence-electron chi connectivity index (χ0n) is 12.5. The topological polar surface area (TPSA) is 45.2 Å². The van der Waals surface area contributed by atoms with Crippen LogP contribution in [0, 0.1) is 0 Å². The van der Waals surface area contributed by atoms with Gasteiger partial charge in [0.25, 0.3) is 0 Å². The maximum absolute atomic E-state index is 11.4. The summed E-state index contributed by atoms with van der Waals surface area (Å²) in [6.45, 7) is 2.22. The highest BCUT2D eigenvalue weighted by atomic mass is 16.1. The predicted molar refractivity (Wildman–Crippen MR) is 88.1 cm³/mol. The molecule has 0 saturated carbocycles. The number of hydrogen-bond acceptors (Lipinski definition) is 3. The van der Waals surface area contributed by atoms with Crippen LogP contribution in [0.1, 0.15) is 24.8 Å². The minimum atomic E-state index is 0.0747. The minimum absolute atomic E-state index is 0.0747. The maximum atomic E-state index is 11.4. The van der Waals surface area contributed by atoms with Gasteiger partial charge in [0.2, 0.25) is 5.91 Å². The number of fused-ring (bicyclic) bond motifs is 1. The zero-order chi connectivity index (χ0) is 14.9. The Morgan fingerprint density at radius 2 is 1.82 bits per heavy atom. The lowest BCUT2D eigenvalue weighted by molar-refractivity contribution is -0.115. The van der Waals surface area contributed by atoms with Crippen LogP contribution >= 0.6 is 0 Å². The Morgan fingerprint density at radius 3 is 2.59 bits per heavy atom. The normalized spacial score (nSPS) is 17.3. The Morgan fingerprint density at radius 1 is 1.00 bits per heavy atom. The lowest BCUT2D eigenvalue weighted by Crippen LogP contribution is -2.29. The summed E-state index contributed by atoms with van der Waals surface area (Å²) in [4.78, 5) is 18.4. The molecule has 1 amide bonds. The van der Waals surface area contributed by atoms with Gasteiger partial charge in [0.05, 0.1) is 6.42 Å². The van der Waals surface area contributed by atoms with E-state index in [1.807, 2.05) is 18.3 Å². The summed E-state index contributed by atoms with van der Waals surface area (Å²) in [5.41, 5.74) is 4.23. The maximum Gasteiger partial charge on any atom is 0.228 e. The Hall–Kier alpha value is -2.36. The van der Waals surface area contributed by atoms with E-state index in [2.05, 4.69) is 33.4 Å². The van der Waals surface area contributed by atoms with Crippen LogP contribution in [0.2, 0.25) is 0 Å². The van der Waals surface area contributed by atoms with Crippen molar-refractivity contribution < 1.29 is 4.79 Å². The number of rotatable bonds is 2. The molecule has 1 saturated heterocycles. The molecule has 1 aromatic heterocycles. The van der Waals surface area contributed by atoms with Gasteiger partial charge < -0.3 is 10.2 Å². The smallest absolute Gasteiger partial charge is 0.228 e. The second-order valence-corrected chi connectivity index (χ2v) is 6.05. The van der Waals surface area contributed by atoms with E-state index in [0.29, 0.717) is 6.42 Å². The molecule has 0 bridgehead atoms. The molecule has 1 aromatic carbocycles. The van der Waals surface area contributed by atoms with Gasteiger partial charge in [0, 0.05) is 30.5 Å². The number of anilines is 2. The van der Waals surface area contributed by atoms with Crippen molar-refractivity contribution in [2.75, 3.05) is 23.3 Å². The van der Waals surface area contributed by atoms with Crippen LogP contribution in [0.25, 0.3) is 11.1 Å². The molecule has 0 radical (unpaired) electrons. The average molecular weight is 293 g/mol. The lowest BCUT2D eigenvalue weighted by atomic mass is 10.0. The second kappa shape index (κ2) is 5.44. The van der Waals surface area contributed by atoms with E-state index in [9.17, 15) is 4.79 Å². The summed E-state index contributed by atoms with van der Waals surface area (Å²) in [5.74, 6) is 1.15. The molecular formula is C18H19N3O. The molecule has 0 spiro atoms. The Bertz CT molecular complexity index is 703. The third-order valence-electron chi connectivity index (χ3n) is 4.49. The number of piperidine rings is 1. The quantitative estimate of drug-likeness (QED) is 0.924. The van der Waals surface area contributed by atoms with E-state index in [1.54, 1.807) is 0 Å². The fourth-order valence-corrected chi connectivity index (χ4v) is 3.28. The Labute approximate surface area is 130 Å². The monoisotopic (exact) mass is 293 g/mol. The van der Waals surface area contributed by atoms with Gasteiger partial charge in [-0.25, -0.2) is 4.98 Å². The van der Waals surface area contributed by atoms with Crippen LogP contribution in [0.5, 0.6) is 0 Å². The van der Waals surface area contributed by atoms with Crippen LogP contribution < -0.4 is 10.2 Å². The van der Waals surface area contributed by atoms with Gasteiger partial charge in [-0.15, -0.1) is 0 Å². The summed E-state index contributed by atoms with van der Waals surface area (Å²) in [5, 5.41) is 2.87. The van der Waals surface area contributed by atoms with Crippen LogP contribution in [0.4, 0.5) is 11.5 Å². The molecule has 4 rings (SSSR count). The van der Waals surface area contributed by atoms with Crippen molar-refractivity contribution in [3.63, 3.8) is 0 Å². The number of aromatic nitrogens is 1. The van der Waals surface area contributed by atoms with Crippen LogP contribution in [0.15, 0.2) is 36.5 Å². The number of amides is 1. The van der Waals surface area contributed by atoms with Crippen molar-refractivity contribution in [1.29, 1.82) is 0 Å². The van der Waals surface area contributed by atoms with Crippen molar-refractivity contribution in [3.05, 3.63) is 42.1 Å². The van der Waals surface area contributed by atoms with Crippen LogP contribution in [-0.4, -0.2) is 24.0 Å². The lowest BCUT2D eigenvalue weighted by Gasteiger charge is -2.27. The van der Waals surface area contributed by atoms with Crippen molar-refractivity contribution in [3.8, 4) is 11.1 Å². The van der Waals surface area contributed by atoms with Crippen molar-refractivity contribution >= 4 is 17.4 Å². The van der Waals surface area contributed by atoms with E-state index in [0.717, 1.165) is 41.3 Å². The Kier molecular flexibility index (Phi) is 3.29. The van der Waals surface area contributed by atoms with E-state index < -0.39 is 0 Å². The first-order valence-electron chi connectivity index (χ1n) is 7.94. The molecule has 4 heteroatoms. The van der Waals surface area contributed by atoms with Gasteiger partial charge in [-0.2, -0.15) is 0 Å². The Balaban J connectivity index is 1.58. The first-order valence-corrected chi connectivity index (χ1v) is 7.94. The van der Waals surface area contributed by atoms with E-state index in [4.69, 9.17) is 0 Å². The molecule has 22 heavy (non-hydrogen) atoms. The number of nitrogens with one attached hydrogen (secondary N) is 1. The van der Waals surface area contributed by atoms with Crippen molar-refractivity contribution in [1.82, 2.24) is 4.98 Å². The highest BCUT2D eigenvalue weighted by Crippen LogP contribution is 2.29. The van der Waals surface area contributed by atoms with Gasteiger partial charge >= 0.3 is 0 Å². The van der Waals surface area contributed by atoms with Crippen molar-refractivity contribution in [2.45, 2.75) is 25.7 Å². The number of benzene rings is 1. The molecule has 1 N–H and O–H groups in total. The molecule has 112 valence electrons. The SMILES string of the molecule is O=C1Cc2cc(-c3ccc(N4CCCCC4)nc3)ccc2N1. The summed E-state index contributed by atoms with van der Waals surface area (Å²) in [7, 11) is 0. The number of hydrogen-bond donors (Lipinski definition) is 1. The molecule has 3 heterocycles. The highest BCUT2D eigenvalue weighted by molar-refractivity contribution is 5.99. The van der Waals surface area contributed by atoms with Gasteiger partial charge in [0.1, 0.15) is 5.82 Å². The molecule has 0 unspecified atom stereocenters.